The zero-order valence-electron chi connectivity index (χ0n) is 14.7. The second-order valence-corrected chi connectivity index (χ2v) is 5.76. The number of carbonyl (C=O) groups excluding carboxylic acids is 1. The van der Waals surface area contributed by atoms with Gasteiger partial charge in [0.1, 0.15) is 11.5 Å². The molecule has 0 fully saturated rings. The molecule has 0 aliphatic heterocycles. The lowest BCUT2D eigenvalue weighted by Gasteiger charge is -2.19. The first-order valence-electron chi connectivity index (χ1n) is 8.23. The number of methoxy groups -OCH3 is 1. The van der Waals surface area contributed by atoms with Gasteiger partial charge in [-0.1, -0.05) is 37.3 Å². The molecule has 0 unspecified atom stereocenters. The van der Waals surface area contributed by atoms with Gasteiger partial charge < -0.3 is 14.8 Å². The van der Waals surface area contributed by atoms with Crippen LogP contribution in [0.15, 0.2) is 48.5 Å². The summed E-state index contributed by atoms with van der Waals surface area (Å²) in [6.07, 6.45) is 0.418. The molecule has 0 aromatic heterocycles. The standard InChI is InChI=1S/C20H25NO3/c1-5-16-9-11-17(12-10-16)14(2)21-20(22)15(3)24-19-8-6-7-18(13-19)23-4/h6-15H,5H2,1-4H3,(H,21,22)/t14-,15+/m1/s1. The molecule has 2 aromatic rings. The van der Waals surface area contributed by atoms with Crippen LogP contribution in [0.4, 0.5) is 0 Å². The van der Waals surface area contributed by atoms with Crippen LogP contribution in [-0.2, 0) is 11.2 Å². The molecule has 4 heteroatoms. The minimum absolute atomic E-state index is 0.0697. The molecule has 1 N–H and O–H groups in total. The van der Waals surface area contributed by atoms with Gasteiger partial charge in [-0.25, -0.2) is 0 Å². The molecular weight excluding hydrogens is 302 g/mol. The third kappa shape index (κ3) is 4.75. The van der Waals surface area contributed by atoms with Gasteiger partial charge in [0.2, 0.25) is 0 Å². The minimum atomic E-state index is -0.588. The molecule has 1 amide bonds. The van der Waals surface area contributed by atoms with Crippen molar-refractivity contribution in [2.24, 2.45) is 0 Å². The van der Waals surface area contributed by atoms with Gasteiger partial charge in [0.25, 0.3) is 5.91 Å². The second kappa shape index (κ2) is 8.39. The van der Waals surface area contributed by atoms with Crippen LogP contribution in [0.3, 0.4) is 0 Å². The molecule has 4 nitrogen and oxygen atoms in total. The third-order valence-corrected chi connectivity index (χ3v) is 3.97. The quantitative estimate of drug-likeness (QED) is 0.839. The number of benzene rings is 2. The first kappa shape index (κ1) is 17.9. The van der Waals surface area contributed by atoms with Crippen LogP contribution in [-0.4, -0.2) is 19.1 Å². The van der Waals surface area contributed by atoms with Gasteiger partial charge in [0.05, 0.1) is 13.2 Å². The Kier molecular flexibility index (Phi) is 6.24. The van der Waals surface area contributed by atoms with Crippen LogP contribution in [0.25, 0.3) is 0 Å². The van der Waals surface area contributed by atoms with E-state index >= 15 is 0 Å². The largest absolute Gasteiger partial charge is 0.497 e. The maximum atomic E-state index is 12.3. The number of rotatable bonds is 7. The summed E-state index contributed by atoms with van der Waals surface area (Å²) in [4.78, 5) is 12.3. The van der Waals surface area contributed by atoms with Crippen molar-refractivity contribution in [1.82, 2.24) is 5.32 Å². The van der Waals surface area contributed by atoms with Crippen molar-refractivity contribution < 1.29 is 14.3 Å². The Hall–Kier alpha value is -2.49. The van der Waals surface area contributed by atoms with Crippen molar-refractivity contribution >= 4 is 5.91 Å². The summed E-state index contributed by atoms with van der Waals surface area (Å²) in [7, 11) is 1.60. The van der Waals surface area contributed by atoms with Crippen molar-refractivity contribution in [3.05, 3.63) is 59.7 Å². The lowest BCUT2D eigenvalue weighted by Crippen LogP contribution is -2.37. The molecule has 0 aliphatic carbocycles. The molecule has 2 aromatic carbocycles. The summed E-state index contributed by atoms with van der Waals surface area (Å²) in [5, 5.41) is 2.99. The zero-order valence-corrected chi connectivity index (χ0v) is 14.7. The summed E-state index contributed by atoms with van der Waals surface area (Å²) < 4.78 is 10.9. The Balaban J connectivity index is 1.94. The fraction of sp³-hybridized carbons (Fsp3) is 0.350. The molecule has 2 atom stereocenters. The molecule has 0 radical (unpaired) electrons. The van der Waals surface area contributed by atoms with Crippen molar-refractivity contribution in [3.63, 3.8) is 0 Å². The number of amides is 1. The fourth-order valence-electron chi connectivity index (χ4n) is 2.39. The molecule has 0 bridgehead atoms. The van der Waals surface area contributed by atoms with E-state index in [1.807, 2.05) is 19.1 Å². The van der Waals surface area contributed by atoms with Crippen LogP contribution in [0.2, 0.25) is 0 Å². The molecule has 0 saturated heterocycles. The van der Waals surface area contributed by atoms with Gasteiger partial charge in [-0.05, 0) is 43.5 Å². The molecule has 0 spiro atoms. The smallest absolute Gasteiger partial charge is 0.261 e. The fourth-order valence-corrected chi connectivity index (χ4v) is 2.39. The zero-order chi connectivity index (χ0) is 17.5. The van der Waals surface area contributed by atoms with E-state index in [9.17, 15) is 4.79 Å². The average Bonchev–Trinajstić information content (AvgIpc) is 2.61. The molecule has 24 heavy (non-hydrogen) atoms. The van der Waals surface area contributed by atoms with Gasteiger partial charge in [-0.15, -0.1) is 0 Å². The van der Waals surface area contributed by atoms with E-state index in [-0.39, 0.29) is 11.9 Å². The number of aryl methyl sites for hydroxylation is 1. The number of hydrogen-bond donors (Lipinski definition) is 1. The van der Waals surface area contributed by atoms with Crippen LogP contribution in [0.5, 0.6) is 11.5 Å². The number of nitrogens with one attached hydrogen (secondary N) is 1. The highest BCUT2D eigenvalue weighted by molar-refractivity contribution is 5.81. The SMILES string of the molecule is CCc1ccc([C@@H](C)NC(=O)[C@H](C)Oc2cccc(OC)c2)cc1. The van der Waals surface area contributed by atoms with E-state index in [0.29, 0.717) is 11.5 Å². The van der Waals surface area contributed by atoms with E-state index in [4.69, 9.17) is 9.47 Å². The van der Waals surface area contributed by atoms with Crippen LogP contribution >= 0.6 is 0 Å². The summed E-state index contributed by atoms with van der Waals surface area (Å²) in [6, 6.07) is 15.4. The first-order chi connectivity index (χ1) is 11.5. The number of ether oxygens (including phenoxy) is 2. The molecule has 0 heterocycles. The van der Waals surface area contributed by atoms with Crippen molar-refractivity contribution in [3.8, 4) is 11.5 Å². The Morgan fingerprint density at radius 3 is 2.38 bits per heavy atom. The van der Waals surface area contributed by atoms with Gasteiger partial charge in [0, 0.05) is 6.07 Å². The summed E-state index contributed by atoms with van der Waals surface area (Å²) in [5.74, 6) is 1.16. The molecule has 128 valence electrons. The Bertz CT molecular complexity index is 667. The third-order valence-electron chi connectivity index (χ3n) is 3.97. The Morgan fingerprint density at radius 2 is 1.75 bits per heavy atom. The van der Waals surface area contributed by atoms with Crippen LogP contribution in [0, 0.1) is 0 Å². The predicted molar refractivity (Wildman–Crippen MR) is 95.5 cm³/mol. The van der Waals surface area contributed by atoms with E-state index < -0.39 is 6.10 Å². The van der Waals surface area contributed by atoms with Gasteiger partial charge in [-0.2, -0.15) is 0 Å². The Morgan fingerprint density at radius 1 is 1.08 bits per heavy atom. The van der Waals surface area contributed by atoms with Gasteiger partial charge >= 0.3 is 0 Å². The van der Waals surface area contributed by atoms with E-state index in [2.05, 4.69) is 36.5 Å². The monoisotopic (exact) mass is 327 g/mol. The van der Waals surface area contributed by atoms with Crippen molar-refractivity contribution in [1.29, 1.82) is 0 Å². The normalized spacial score (nSPS) is 13.0. The highest BCUT2D eigenvalue weighted by Gasteiger charge is 2.18. The van der Waals surface area contributed by atoms with Gasteiger partial charge in [0.15, 0.2) is 6.10 Å². The molecule has 0 aliphatic rings. The maximum absolute atomic E-state index is 12.3. The first-order valence-corrected chi connectivity index (χ1v) is 8.23. The predicted octanol–water partition coefficient (Wildman–Crippen LogP) is 3.90. The summed E-state index contributed by atoms with van der Waals surface area (Å²) in [5.41, 5.74) is 2.36. The lowest BCUT2D eigenvalue weighted by molar-refractivity contribution is -0.127. The van der Waals surface area contributed by atoms with E-state index in [0.717, 1.165) is 12.0 Å². The van der Waals surface area contributed by atoms with E-state index in [1.165, 1.54) is 5.56 Å². The number of carbonyl (C=O) groups is 1. The van der Waals surface area contributed by atoms with Crippen molar-refractivity contribution in [2.45, 2.75) is 39.3 Å². The maximum Gasteiger partial charge on any atom is 0.261 e. The topological polar surface area (TPSA) is 47.6 Å². The Labute approximate surface area is 143 Å². The minimum Gasteiger partial charge on any atom is -0.497 e. The average molecular weight is 327 g/mol. The van der Waals surface area contributed by atoms with Crippen LogP contribution < -0.4 is 14.8 Å². The summed E-state index contributed by atoms with van der Waals surface area (Å²) >= 11 is 0. The summed E-state index contributed by atoms with van der Waals surface area (Å²) in [6.45, 7) is 5.83. The number of hydrogen-bond acceptors (Lipinski definition) is 3. The molecule has 0 saturated carbocycles. The lowest BCUT2D eigenvalue weighted by atomic mass is 10.0. The van der Waals surface area contributed by atoms with E-state index in [1.54, 1.807) is 26.2 Å². The van der Waals surface area contributed by atoms with Gasteiger partial charge in [-0.3, -0.25) is 4.79 Å². The van der Waals surface area contributed by atoms with Crippen LogP contribution in [0.1, 0.15) is 37.9 Å². The highest BCUT2D eigenvalue weighted by atomic mass is 16.5. The molecular formula is C20H25NO3. The second-order valence-electron chi connectivity index (χ2n) is 5.76. The highest BCUT2D eigenvalue weighted by Crippen LogP contribution is 2.20. The van der Waals surface area contributed by atoms with Crippen molar-refractivity contribution in [2.75, 3.05) is 7.11 Å². The molecule has 2 rings (SSSR count).